The molecule has 0 aromatic heterocycles. The van der Waals surface area contributed by atoms with E-state index in [1.54, 1.807) is 6.07 Å². The van der Waals surface area contributed by atoms with E-state index >= 15 is 0 Å². The van der Waals surface area contributed by atoms with Gasteiger partial charge in [-0.15, -0.1) is 0 Å². The summed E-state index contributed by atoms with van der Waals surface area (Å²) in [7, 11) is -0.701. The van der Waals surface area contributed by atoms with Gasteiger partial charge in [0.25, 0.3) is 0 Å². The zero-order valence-electron chi connectivity index (χ0n) is 10.6. The Labute approximate surface area is 116 Å². The van der Waals surface area contributed by atoms with Gasteiger partial charge in [0, 0.05) is 5.46 Å². The molecule has 1 fully saturated rings. The summed E-state index contributed by atoms with van der Waals surface area (Å²) in [6, 6.07) is 16.7. The molecule has 0 saturated carbocycles. The summed E-state index contributed by atoms with van der Waals surface area (Å²) >= 11 is 0. The minimum absolute atomic E-state index is 0.0329. The molecule has 0 amide bonds. The van der Waals surface area contributed by atoms with Crippen molar-refractivity contribution in [2.75, 3.05) is 6.61 Å². The van der Waals surface area contributed by atoms with Crippen molar-refractivity contribution in [3.05, 3.63) is 54.6 Å². The zero-order valence-corrected chi connectivity index (χ0v) is 10.6. The predicted molar refractivity (Wildman–Crippen MR) is 74.5 cm³/mol. The fourth-order valence-corrected chi connectivity index (χ4v) is 1.87. The van der Waals surface area contributed by atoms with E-state index in [0.717, 1.165) is 5.69 Å². The quantitative estimate of drug-likeness (QED) is 0.632. The van der Waals surface area contributed by atoms with Crippen LogP contribution in [-0.2, 0) is 14.1 Å². The van der Waals surface area contributed by atoms with E-state index in [0.29, 0.717) is 11.2 Å². The van der Waals surface area contributed by atoms with E-state index < -0.39 is 7.12 Å². The Morgan fingerprint density at radius 2 is 1.70 bits per heavy atom. The van der Waals surface area contributed by atoms with E-state index in [4.69, 9.17) is 9.31 Å². The highest BCUT2D eigenvalue weighted by atomic mass is 16.7. The van der Waals surface area contributed by atoms with Gasteiger partial charge in [0.05, 0.1) is 11.4 Å². The lowest BCUT2D eigenvalue weighted by atomic mass is 9.78. The molecule has 1 saturated heterocycles. The van der Waals surface area contributed by atoms with Crippen molar-refractivity contribution in [3.63, 3.8) is 0 Å². The molecule has 0 unspecified atom stereocenters. The number of rotatable bonds is 3. The Bertz CT molecular complexity index is 646. The Balaban J connectivity index is 1.86. The summed E-state index contributed by atoms with van der Waals surface area (Å²) in [6.07, 6.45) is 0. The van der Waals surface area contributed by atoms with Crippen LogP contribution >= 0.6 is 0 Å². The zero-order chi connectivity index (χ0) is 13.8. The van der Waals surface area contributed by atoms with Crippen LogP contribution in [0.2, 0.25) is 0 Å². The van der Waals surface area contributed by atoms with Crippen LogP contribution in [0.5, 0.6) is 0 Å². The topological polar surface area (TPSA) is 60.2 Å². The van der Waals surface area contributed by atoms with Crippen LogP contribution in [0.15, 0.2) is 64.8 Å². The Morgan fingerprint density at radius 3 is 2.45 bits per heavy atom. The van der Waals surface area contributed by atoms with Crippen LogP contribution in [0.3, 0.4) is 0 Å². The van der Waals surface area contributed by atoms with Gasteiger partial charge in [-0.25, -0.2) is 0 Å². The molecule has 0 bridgehead atoms. The van der Waals surface area contributed by atoms with Gasteiger partial charge in [-0.2, -0.15) is 10.2 Å². The Kier molecular flexibility index (Phi) is 3.56. The van der Waals surface area contributed by atoms with Gasteiger partial charge in [-0.3, -0.25) is 4.79 Å². The smallest absolute Gasteiger partial charge is 0.504 e. The SMILES string of the molecule is O=C1COB(c2ccccc2N=Nc2ccccc2)O1. The Morgan fingerprint density at radius 1 is 0.950 bits per heavy atom. The standard InChI is InChI=1S/C14H11BN2O3/c18-14-10-19-15(20-14)12-8-4-5-9-13(12)17-16-11-6-2-1-3-7-11/h1-9H,10H2. The third-order valence-electron chi connectivity index (χ3n) is 2.81. The molecule has 0 atom stereocenters. The molecule has 5 nitrogen and oxygen atoms in total. The van der Waals surface area contributed by atoms with Crippen molar-refractivity contribution in [1.82, 2.24) is 0 Å². The summed E-state index contributed by atoms with van der Waals surface area (Å²) < 4.78 is 10.3. The number of nitrogens with zero attached hydrogens (tertiary/aromatic N) is 2. The molecule has 2 aromatic carbocycles. The van der Waals surface area contributed by atoms with Crippen LogP contribution in [0, 0.1) is 0 Å². The molecule has 0 spiro atoms. The van der Waals surface area contributed by atoms with Crippen LogP contribution in [0.25, 0.3) is 0 Å². The lowest BCUT2D eigenvalue weighted by molar-refractivity contribution is -0.132. The number of carbonyl (C=O) groups is 1. The monoisotopic (exact) mass is 266 g/mol. The van der Waals surface area contributed by atoms with Gasteiger partial charge in [0.15, 0.2) is 0 Å². The first kappa shape index (κ1) is 12.6. The van der Waals surface area contributed by atoms with Crippen LogP contribution in [0.1, 0.15) is 0 Å². The number of hydrogen-bond acceptors (Lipinski definition) is 5. The van der Waals surface area contributed by atoms with Gasteiger partial charge >= 0.3 is 13.1 Å². The third-order valence-corrected chi connectivity index (χ3v) is 2.81. The van der Waals surface area contributed by atoms with Crippen LogP contribution in [0.4, 0.5) is 11.4 Å². The largest absolute Gasteiger partial charge is 0.567 e. The maximum atomic E-state index is 11.1. The van der Waals surface area contributed by atoms with Crippen molar-refractivity contribution < 1.29 is 14.1 Å². The average molecular weight is 266 g/mol. The predicted octanol–water partition coefficient (Wildman–Crippen LogP) is 2.37. The number of azo groups is 1. The molecule has 0 radical (unpaired) electrons. The maximum absolute atomic E-state index is 11.1. The summed E-state index contributed by atoms with van der Waals surface area (Å²) in [4.78, 5) is 11.1. The van der Waals surface area contributed by atoms with Crippen molar-refractivity contribution in [1.29, 1.82) is 0 Å². The second-order valence-corrected chi connectivity index (χ2v) is 4.23. The third kappa shape index (κ3) is 2.75. The summed E-state index contributed by atoms with van der Waals surface area (Å²) in [5.74, 6) is -0.371. The fourth-order valence-electron chi connectivity index (χ4n) is 1.87. The van der Waals surface area contributed by atoms with Crippen molar-refractivity contribution >= 4 is 29.9 Å². The first-order chi connectivity index (χ1) is 9.83. The molecule has 20 heavy (non-hydrogen) atoms. The van der Waals surface area contributed by atoms with Gasteiger partial charge in [-0.1, -0.05) is 36.4 Å². The highest BCUT2D eigenvalue weighted by molar-refractivity contribution is 6.65. The molecule has 3 rings (SSSR count). The number of benzene rings is 2. The average Bonchev–Trinajstić information content (AvgIpc) is 2.93. The Hall–Kier alpha value is -2.47. The van der Waals surface area contributed by atoms with Crippen molar-refractivity contribution in [2.45, 2.75) is 0 Å². The molecule has 6 heteroatoms. The normalized spacial score (nSPS) is 14.8. The fraction of sp³-hybridized carbons (Fsp3) is 0.0714. The minimum Gasteiger partial charge on any atom is -0.504 e. The lowest BCUT2D eigenvalue weighted by Gasteiger charge is -2.05. The van der Waals surface area contributed by atoms with Crippen LogP contribution in [-0.4, -0.2) is 19.7 Å². The number of carbonyl (C=O) groups excluding carboxylic acids is 1. The first-order valence-corrected chi connectivity index (χ1v) is 6.20. The van der Waals surface area contributed by atoms with E-state index in [-0.39, 0.29) is 12.6 Å². The summed E-state index contributed by atoms with van der Waals surface area (Å²) in [5, 5.41) is 8.36. The summed E-state index contributed by atoms with van der Waals surface area (Å²) in [6.45, 7) is -0.0329. The van der Waals surface area contributed by atoms with Gasteiger partial charge in [-0.05, 0) is 18.2 Å². The highest BCUT2D eigenvalue weighted by Crippen LogP contribution is 2.17. The van der Waals surface area contributed by atoms with Crippen molar-refractivity contribution in [3.8, 4) is 0 Å². The molecule has 1 aliphatic rings. The lowest BCUT2D eigenvalue weighted by Crippen LogP contribution is -2.32. The van der Waals surface area contributed by atoms with E-state index in [1.807, 2.05) is 48.5 Å². The minimum atomic E-state index is -0.701. The van der Waals surface area contributed by atoms with Gasteiger partial charge in [0.1, 0.15) is 6.61 Å². The molecule has 1 aliphatic heterocycles. The van der Waals surface area contributed by atoms with Gasteiger partial charge < -0.3 is 9.31 Å². The van der Waals surface area contributed by atoms with Crippen LogP contribution < -0.4 is 5.46 Å². The molecule has 98 valence electrons. The maximum Gasteiger partial charge on any atom is 0.567 e. The van der Waals surface area contributed by atoms with Crippen molar-refractivity contribution in [2.24, 2.45) is 10.2 Å². The number of hydrogen-bond donors (Lipinski definition) is 0. The molecule has 2 aromatic rings. The second kappa shape index (κ2) is 5.67. The molecule has 0 N–H and O–H groups in total. The van der Waals surface area contributed by atoms with E-state index in [9.17, 15) is 4.79 Å². The molecule has 0 aliphatic carbocycles. The van der Waals surface area contributed by atoms with Gasteiger partial charge in [0.2, 0.25) is 0 Å². The molecule has 1 heterocycles. The highest BCUT2D eigenvalue weighted by Gasteiger charge is 2.35. The van der Waals surface area contributed by atoms with E-state index in [1.165, 1.54) is 0 Å². The van der Waals surface area contributed by atoms with E-state index in [2.05, 4.69) is 10.2 Å². The molecular weight excluding hydrogens is 255 g/mol. The summed E-state index contributed by atoms with van der Waals surface area (Å²) in [5.41, 5.74) is 2.07. The second-order valence-electron chi connectivity index (χ2n) is 4.23. The first-order valence-electron chi connectivity index (χ1n) is 6.20. The molecular formula is C14H11BN2O3.